The molecule has 7 nitrogen and oxygen atoms in total. The number of halogens is 3. The molecule has 0 aliphatic carbocycles. The zero-order valence-corrected chi connectivity index (χ0v) is 15.7. The normalized spacial score (nSPS) is 11.6. The Bertz CT molecular complexity index is 651. The fraction of sp³-hybridized carbons (Fsp3) is 0.588. The number of aromatic nitrogens is 1. The number of hydrogen-bond acceptors (Lipinski definition) is 6. The van der Waals surface area contributed by atoms with Crippen LogP contribution in [0.2, 0.25) is 0 Å². The first-order chi connectivity index (χ1) is 12.5. The fourth-order valence-corrected chi connectivity index (χ4v) is 2.39. The summed E-state index contributed by atoms with van der Waals surface area (Å²) < 4.78 is 41.2. The molecule has 0 unspecified atom stereocenters. The highest BCUT2D eigenvalue weighted by Crippen LogP contribution is 2.18. The van der Waals surface area contributed by atoms with E-state index in [0.717, 1.165) is 0 Å². The van der Waals surface area contributed by atoms with Crippen LogP contribution in [-0.4, -0.2) is 79.7 Å². The maximum atomic E-state index is 12.3. The van der Waals surface area contributed by atoms with Gasteiger partial charge in [-0.05, 0) is 39.1 Å². The van der Waals surface area contributed by atoms with Crippen LogP contribution in [0.3, 0.4) is 0 Å². The molecule has 0 aliphatic rings. The molecule has 0 saturated carbocycles. The maximum Gasteiger partial charge on any atom is 0.422 e. The topological polar surface area (TPSA) is 88.8 Å². The Balaban J connectivity index is 2.91. The van der Waals surface area contributed by atoms with Crippen LogP contribution in [0.1, 0.15) is 21.6 Å². The van der Waals surface area contributed by atoms with Gasteiger partial charge in [-0.2, -0.15) is 13.2 Å². The molecule has 1 aromatic rings. The van der Waals surface area contributed by atoms with Gasteiger partial charge in [0.2, 0.25) is 5.91 Å². The molecule has 152 valence electrons. The van der Waals surface area contributed by atoms with Crippen LogP contribution in [0.25, 0.3) is 0 Å². The largest absolute Gasteiger partial charge is 0.452 e. The number of aryl methyl sites for hydroxylation is 1. The summed E-state index contributed by atoms with van der Waals surface area (Å²) in [5, 5.41) is 0. The van der Waals surface area contributed by atoms with Crippen LogP contribution in [0.15, 0.2) is 12.3 Å². The Morgan fingerprint density at radius 2 is 1.89 bits per heavy atom. The number of nitrogens with two attached hydrogens (primary N) is 1. The predicted octanol–water partition coefficient (Wildman–Crippen LogP) is 1.00. The number of hydrogen-bond donors (Lipinski definition) is 1. The molecular weight excluding hydrogens is 365 g/mol. The van der Waals surface area contributed by atoms with Crippen LogP contribution in [0, 0.1) is 6.92 Å². The molecule has 0 aromatic carbocycles. The number of rotatable bonds is 9. The molecule has 1 rings (SSSR count). The summed E-state index contributed by atoms with van der Waals surface area (Å²) in [6, 6.07) is 1.32. The van der Waals surface area contributed by atoms with E-state index in [1.54, 1.807) is 11.8 Å². The van der Waals surface area contributed by atoms with E-state index >= 15 is 0 Å². The van der Waals surface area contributed by atoms with Crippen molar-refractivity contribution in [3.63, 3.8) is 0 Å². The summed E-state index contributed by atoms with van der Waals surface area (Å²) >= 11 is 0. The summed E-state index contributed by atoms with van der Waals surface area (Å²) in [6.07, 6.45) is -3.03. The average Bonchev–Trinajstić information content (AvgIpc) is 2.59. The van der Waals surface area contributed by atoms with Crippen LogP contribution in [0.5, 0.6) is 0 Å². The van der Waals surface area contributed by atoms with E-state index in [9.17, 15) is 22.8 Å². The highest BCUT2D eigenvalue weighted by atomic mass is 19.4. The van der Waals surface area contributed by atoms with Crippen molar-refractivity contribution in [1.29, 1.82) is 0 Å². The second kappa shape index (κ2) is 10.2. The lowest BCUT2D eigenvalue weighted by atomic mass is 10.0. The van der Waals surface area contributed by atoms with Crippen LogP contribution in [-0.2, 0) is 16.0 Å². The Hall–Kier alpha value is -2.20. The number of likely N-dealkylation sites (N-methyl/N-ethyl adjacent to an activating group) is 1. The standard InChI is InChI=1S/C17H25F3N4O3/c1-12-13(5-7-24(15(25)10-21)9-8-23(2)3)14(4-6-22-12)16(26)27-11-17(18,19)20/h4,6H,5,7-11,21H2,1-3H3. The van der Waals surface area contributed by atoms with Crippen LogP contribution in [0.4, 0.5) is 13.2 Å². The number of alkyl halides is 3. The van der Waals surface area contributed by atoms with Gasteiger partial charge in [-0.3, -0.25) is 9.78 Å². The minimum absolute atomic E-state index is 0.0134. The van der Waals surface area contributed by atoms with Crippen molar-refractivity contribution < 1.29 is 27.5 Å². The molecule has 10 heteroatoms. The highest BCUT2D eigenvalue weighted by molar-refractivity contribution is 5.91. The molecule has 1 aromatic heterocycles. The number of esters is 1. The van der Waals surface area contributed by atoms with Gasteiger partial charge in [0, 0.05) is 31.5 Å². The van der Waals surface area contributed by atoms with E-state index < -0.39 is 18.8 Å². The predicted molar refractivity (Wildman–Crippen MR) is 93.2 cm³/mol. The SMILES string of the molecule is Cc1nccc(C(=O)OCC(F)(F)F)c1CCN(CCN(C)C)C(=O)CN. The van der Waals surface area contributed by atoms with E-state index in [1.807, 2.05) is 19.0 Å². The minimum Gasteiger partial charge on any atom is -0.452 e. The van der Waals surface area contributed by atoms with E-state index in [2.05, 4.69) is 9.72 Å². The zero-order valence-electron chi connectivity index (χ0n) is 15.7. The number of carbonyl (C=O) groups is 2. The minimum atomic E-state index is -4.60. The van der Waals surface area contributed by atoms with E-state index in [-0.39, 0.29) is 31.0 Å². The summed E-state index contributed by atoms with van der Waals surface area (Å²) in [5.74, 6) is -1.32. The van der Waals surface area contributed by atoms with Crippen LogP contribution >= 0.6 is 0 Å². The van der Waals surface area contributed by atoms with Crippen LogP contribution < -0.4 is 5.73 Å². The van der Waals surface area contributed by atoms with Gasteiger partial charge in [0.15, 0.2) is 6.61 Å². The Morgan fingerprint density at radius 1 is 1.22 bits per heavy atom. The van der Waals surface area contributed by atoms with Crippen molar-refractivity contribution in [2.75, 3.05) is 46.9 Å². The monoisotopic (exact) mass is 390 g/mol. The fourth-order valence-electron chi connectivity index (χ4n) is 2.39. The van der Waals surface area contributed by atoms with Crippen molar-refractivity contribution in [3.05, 3.63) is 29.1 Å². The first-order valence-corrected chi connectivity index (χ1v) is 8.36. The lowest BCUT2D eigenvalue weighted by molar-refractivity contribution is -0.161. The molecule has 27 heavy (non-hydrogen) atoms. The molecule has 1 amide bonds. The van der Waals surface area contributed by atoms with E-state index in [4.69, 9.17) is 5.73 Å². The number of pyridine rings is 1. The Morgan fingerprint density at radius 3 is 2.44 bits per heavy atom. The van der Waals surface area contributed by atoms with Gasteiger partial charge in [0.1, 0.15) is 0 Å². The molecule has 0 bridgehead atoms. The third-order valence-corrected chi connectivity index (χ3v) is 3.83. The third kappa shape index (κ3) is 7.92. The number of nitrogens with zero attached hydrogens (tertiary/aromatic N) is 3. The van der Waals surface area contributed by atoms with Crippen molar-refractivity contribution in [1.82, 2.24) is 14.8 Å². The zero-order chi connectivity index (χ0) is 20.6. The van der Waals surface area contributed by atoms with Crippen molar-refractivity contribution in [3.8, 4) is 0 Å². The van der Waals surface area contributed by atoms with Gasteiger partial charge in [-0.15, -0.1) is 0 Å². The quantitative estimate of drug-likeness (QED) is 0.633. The molecule has 0 radical (unpaired) electrons. The second-order valence-corrected chi connectivity index (χ2v) is 6.25. The first kappa shape index (κ1) is 22.8. The highest BCUT2D eigenvalue weighted by Gasteiger charge is 2.30. The van der Waals surface area contributed by atoms with Gasteiger partial charge in [-0.25, -0.2) is 4.79 Å². The van der Waals surface area contributed by atoms with Gasteiger partial charge >= 0.3 is 12.1 Å². The number of amides is 1. The lowest BCUT2D eigenvalue weighted by Gasteiger charge is -2.24. The number of carbonyl (C=O) groups excluding carboxylic acids is 2. The molecular formula is C17H25F3N4O3. The van der Waals surface area contributed by atoms with Gasteiger partial charge in [0.25, 0.3) is 0 Å². The lowest BCUT2D eigenvalue weighted by Crippen LogP contribution is -2.41. The third-order valence-electron chi connectivity index (χ3n) is 3.83. The maximum absolute atomic E-state index is 12.3. The van der Waals surface area contributed by atoms with Gasteiger partial charge < -0.3 is 20.3 Å². The average molecular weight is 390 g/mol. The first-order valence-electron chi connectivity index (χ1n) is 8.36. The summed E-state index contributed by atoms with van der Waals surface area (Å²) in [4.78, 5) is 31.6. The van der Waals surface area contributed by atoms with Crippen molar-refractivity contribution >= 4 is 11.9 Å². The van der Waals surface area contributed by atoms with Gasteiger partial charge in [-0.1, -0.05) is 0 Å². The van der Waals surface area contributed by atoms with Crippen molar-refractivity contribution in [2.24, 2.45) is 5.73 Å². The molecule has 0 aliphatic heterocycles. The smallest absolute Gasteiger partial charge is 0.422 e. The molecule has 0 saturated heterocycles. The second-order valence-electron chi connectivity index (χ2n) is 6.25. The molecule has 1 heterocycles. The summed E-state index contributed by atoms with van der Waals surface area (Å²) in [7, 11) is 3.73. The Kier molecular flexibility index (Phi) is 8.64. The van der Waals surface area contributed by atoms with E-state index in [0.29, 0.717) is 24.3 Å². The summed E-state index contributed by atoms with van der Waals surface area (Å²) in [5.41, 5.74) is 6.39. The van der Waals surface area contributed by atoms with Gasteiger partial charge in [0.05, 0.1) is 12.1 Å². The summed E-state index contributed by atoms with van der Waals surface area (Å²) in [6.45, 7) is 1.16. The molecule has 0 fully saturated rings. The molecule has 2 N–H and O–H groups in total. The Labute approximate surface area is 156 Å². The number of ether oxygens (including phenoxy) is 1. The molecule has 0 atom stereocenters. The van der Waals surface area contributed by atoms with Crippen molar-refractivity contribution in [2.45, 2.75) is 19.5 Å². The molecule has 0 spiro atoms. The van der Waals surface area contributed by atoms with E-state index in [1.165, 1.54) is 12.3 Å².